The second kappa shape index (κ2) is 11.9. The molecule has 2 aliphatic rings. The summed E-state index contributed by atoms with van der Waals surface area (Å²) in [6.07, 6.45) is 11.9. The zero-order chi connectivity index (χ0) is 27.4. The summed E-state index contributed by atoms with van der Waals surface area (Å²) >= 11 is 0. The highest BCUT2D eigenvalue weighted by atomic mass is 16.1. The average molecular weight is 515 g/mol. The Morgan fingerprint density at radius 3 is 2.32 bits per heavy atom. The molecule has 0 unspecified atom stereocenters. The molecule has 0 spiro atoms. The van der Waals surface area contributed by atoms with Gasteiger partial charge in [-0.05, 0) is 108 Å². The lowest BCUT2D eigenvalue weighted by molar-refractivity contribution is 0.0956. The van der Waals surface area contributed by atoms with Crippen molar-refractivity contribution in [2.24, 2.45) is 0 Å². The number of hydrogen-bond donors (Lipinski definition) is 2. The SMILES string of the molecule is C=C1NC(C)=CC(C)=C1CNC(=O)c1cc(-c2cncnc2)cc(N(CC)C2CCC(N(C)C)CC2)c1C. The van der Waals surface area contributed by atoms with Crippen molar-refractivity contribution in [3.8, 4) is 11.1 Å². The summed E-state index contributed by atoms with van der Waals surface area (Å²) in [4.78, 5) is 27.0. The van der Waals surface area contributed by atoms with Crippen LogP contribution in [0.25, 0.3) is 11.1 Å². The predicted octanol–water partition coefficient (Wildman–Crippen LogP) is 5.22. The van der Waals surface area contributed by atoms with Crippen LogP contribution in [0, 0.1) is 6.92 Å². The van der Waals surface area contributed by atoms with Gasteiger partial charge in [0.05, 0.1) is 0 Å². The van der Waals surface area contributed by atoms with E-state index in [1.165, 1.54) is 19.2 Å². The molecule has 4 rings (SSSR count). The van der Waals surface area contributed by atoms with Crippen LogP contribution in [-0.4, -0.2) is 60.0 Å². The third-order valence-electron chi connectivity index (χ3n) is 8.05. The molecule has 0 atom stereocenters. The van der Waals surface area contributed by atoms with Gasteiger partial charge in [0.25, 0.3) is 5.91 Å². The second-order valence-corrected chi connectivity index (χ2v) is 10.8. The molecule has 7 heteroatoms. The number of benzene rings is 1. The average Bonchev–Trinajstić information content (AvgIpc) is 2.90. The lowest BCUT2D eigenvalue weighted by Gasteiger charge is -2.40. The fourth-order valence-electron chi connectivity index (χ4n) is 5.87. The zero-order valence-electron chi connectivity index (χ0n) is 23.8. The maximum Gasteiger partial charge on any atom is 0.251 e. The maximum atomic E-state index is 13.7. The topological polar surface area (TPSA) is 73.4 Å². The van der Waals surface area contributed by atoms with Crippen LogP contribution in [0.5, 0.6) is 0 Å². The van der Waals surface area contributed by atoms with E-state index >= 15 is 0 Å². The molecule has 1 aromatic carbocycles. The molecule has 7 nitrogen and oxygen atoms in total. The van der Waals surface area contributed by atoms with Crippen LogP contribution >= 0.6 is 0 Å². The van der Waals surface area contributed by atoms with Crippen LogP contribution in [0.3, 0.4) is 0 Å². The number of anilines is 1. The Kier molecular flexibility index (Phi) is 8.67. The molecule has 2 aromatic rings. The summed E-state index contributed by atoms with van der Waals surface area (Å²) < 4.78 is 0. The van der Waals surface area contributed by atoms with E-state index in [1.807, 2.05) is 25.4 Å². The molecule has 1 aromatic heterocycles. The van der Waals surface area contributed by atoms with Crippen LogP contribution in [0.4, 0.5) is 5.69 Å². The van der Waals surface area contributed by atoms with E-state index in [0.717, 1.165) is 64.3 Å². The van der Waals surface area contributed by atoms with Crippen LogP contribution in [0.1, 0.15) is 62.4 Å². The number of rotatable bonds is 8. The third kappa shape index (κ3) is 5.99. The smallest absolute Gasteiger partial charge is 0.251 e. The quantitative estimate of drug-likeness (QED) is 0.503. The van der Waals surface area contributed by atoms with Crippen LogP contribution < -0.4 is 15.5 Å². The van der Waals surface area contributed by atoms with E-state index in [2.05, 4.69) is 84.0 Å². The summed E-state index contributed by atoms with van der Waals surface area (Å²) in [7, 11) is 4.35. The highest BCUT2D eigenvalue weighted by Gasteiger charge is 2.28. The standard InChI is InChI=1S/C31H42N6O/c1-8-37(27-11-9-26(10-12-27)36(6)7)30-15-24(25-16-32-19-33-17-25)14-28(22(30)4)31(38)34-18-29-20(2)13-21(3)35-23(29)5/h13-17,19,26-27,35H,5,8-12,18H2,1-4,6-7H3,(H,34,38). The molecule has 0 bridgehead atoms. The number of amides is 1. The van der Waals surface area contributed by atoms with Gasteiger partial charge in [-0.15, -0.1) is 0 Å². The number of aromatic nitrogens is 2. The van der Waals surface area contributed by atoms with E-state index in [4.69, 9.17) is 0 Å². The van der Waals surface area contributed by atoms with Crippen LogP contribution in [-0.2, 0) is 0 Å². The van der Waals surface area contributed by atoms with Gasteiger partial charge in [-0.1, -0.05) is 6.58 Å². The monoisotopic (exact) mass is 514 g/mol. The lowest BCUT2D eigenvalue weighted by atomic mass is 9.88. The summed E-state index contributed by atoms with van der Waals surface area (Å²) in [5, 5.41) is 6.44. The van der Waals surface area contributed by atoms with Gasteiger partial charge in [0.2, 0.25) is 0 Å². The maximum absolute atomic E-state index is 13.7. The van der Waals surface area contributed by atoms with Gasteiger partial charge in [-0.25, -0.2) is 9.97 Å². The molecule has 1 saturated carbocycles. The molecule has 1 aliphatic carbocycles. The highest BCUT2D eigenvalue weighted by molar-refractivity contribution is 5.99. The Hall–Kier alpha value is -3.45. The molecule has 38 heavy (non-hydrogen) atoms. The van der Waals surface area contributed by atoms with Crippen molar-refractivity contribution >= 4 is 11.6 Å². The minimum Gasteiger partial charge on any atom is -0.369 e. The lowest BCUT2D eigenvalue weighted by Crippen LogP contribution is -2.42. The first-order valence-corrected chi connectivity index (χ1v) is 13.6. The molecular weight excluding hydrogens is 472 g/mol. The Labute approximate surface area is 227 Å². The van der Waals surface area contributed by atoms with Gasteiger partial charge in [-0.3, -0.25) is 4.79 Å². The molecule has 1 fully saturated rings. The summed E-state index contributed by atoms with van der Waals surface area (Å²) in [6.45, 7) is 13.8. The fraction of sp³-hybridized carbons (Fsp3) is 0.452. The molecule has 0 saturated heterocycles. The number of carbonyl (C=O) groups is 1. The molecule has 1 amide bonds. The van der Waals surface area contributed by atoms with Crippen molar-refractivity contribution in [2.45, 2.75) is 65.5 Å². The number of nitrogens with zero attached hydrogens (tertiary/aromatic N) is 4. The minimum absolute atomic E-state index is 0.0887. The number of allylic oxidation sites excluding steroid dienone is 3. The van der Waals surface area contributed by atoms with Gasteiger partial charge < -0.3 is 20.4 Å². The van der Waals surface area contributed by atoms with Gasteiger partial charge >= 0.3 is 0 Å². The Bertz CT molecular complexity index is 1240. The Morgan fingerprint density at radius 2 is 1.71 bits per heavy atom. The van der Waals surface area contributed by atoms with E-state index in [0.29, 0.717) is 24.2 Å². The normalized spacial score (nSPS) is 19.8. The minimum atomic E-state index is -0.0887. The van der Waals surface area contributed by atoms with E-state index in [9.17, 15) is 4.79 Å². The molecule has 2 heterocycles. The van der Waals surface area contributed by atoms with Crippen LogP contribution in [0.2, 0.25) is 0 Å². The first-order chi connectivity index (χ1) is 18.2. The van der Waals surface area contributed by atoms with Gasteiger partial charge in [0.1, 0.15) is 6.33 Å². The number of hydrogen-bond acceptors (Lipinski definition) is 6. The van der Waals surface area contributed by atoms with E-state index in [-0.39, 0.29) is 5.91 Å². The number of carbonyl (C=O) groups excluding carboxylic acids is 1. The second-order valence-electron chi connectivity index (χ2n) is 10.8. The van der Waals surface area contributed by atoms with Crippen molar-refractivity contribution in [3.63, 3.8) is 0 Å². The fourth-order valence-corrected chi connectivity index (χ4v) is 5.87. The number of nitrogens with one attached hydrogen (secondary N) is 2. The van der Waals surface area contributed by atoms with Gasteiger partial charge in [-0.2, -0.15) is 0 Å². The van der Waals surface area contributed by atoms with Crippen molar-refractivity contribution in [2.75, 3.05) is 32.1 Å². The first kappa shape index (κ1) is 27.6. The first-order valence-electron chi connectivity index (χ1n) is 13.6. The highest BCUT2D eigenvalue weighted by Crippen LogP contribution is 2.35. The van der Waals surface area contributed by atoms with Crippen molar-refractivity contribution in [1.82, 2.24) is 25.5 Å². The van der Waals surface area contributed by atoms with Gasteiger partial charge in [0, 0.05) is 65.8 Å². The summed E-state index contributed by atoms with van der Waals surface area (Å²) in [5.74, 6) is -0.0887. The van der Waals surface area contributed by atoms with E-state index < -0.39 is 0 Å². The summed E-state index contributed by atoms with van der Waals surface area (Å²) in [5.41, 5.74) is 8.68. The molecular formula is C31H42N6O. The van der Waals surface area contributed by atoms with Crippen molar-refractivity contribution in [1.29, 1.82) is 0 Å². The van der Waals surface area contributed by atoms with Crippen molar-refractivity contribution in [3.05, 3.63) is 77.2 Å². The Balaban J connectivity index is 1.67. The molecule has 202 valence electrons. The zero-order valence-corrected chi connectivity index (χ0v) is 23.8. The van der Waals surface area contributed by atoms with E-state index in [1.54, 1.807) is 0 Å². The third-order valence-corrected chi connectivity index (χ3v) is 8.05. The Morgan fingerprint density at radius 1 is 1.05 bits per heavy atom. The molecule has 1 aliphatic heterocycles. The summed E-state index contributed by atoms with van der Waals surface area (Å²) in [6, 6.07) is 5.27. The largest absolute Gasteiger partial charge is 0.369 e. The predicted molar refractivity (Wildman–Crippen MR) is 156 cm³/mol. The van der Waals surface area contributed by atoms with Crippen molar-refractivity contribution < 1.29 is 4.79 Å². The molecule has 2 N–H and O–H groups in total. The van der Waals surface area contributed by atoms with Gasteiger partial charge in [0.15, 0.2) is 0 Å². The molecule has 0 radical (unpaired) electrons. The van der Waals surface area contributed by atoms with Crippen LogP contribution in [0.15, 0.2) is 66.0 Å². The number of dihydropyridines is 1.